The number of fused-ring (bicyclic) bond motifs is 3. The molecule has 2 heteroatoms. The van der Waals surface area contributed by atoms with Crippen LogP contribution in [-0.4, -0.2) is 4.57 Å². The van der Waals surface area contributed by atoms with E-state index in [2.05, 4.69) is 167 Å². The SMILES string of the molecule is [2H]c1c([2H])c([2H])c(-c2ccc(N(c3ccc(-c4ccccc4)cc3)c3ccc(-c4cccc(-c5ccccc5-n5c6ccccc6c6ccccc65)c4)cc3)cc2)c([2H])c1[2H]. The molecule has 2 nitrogen and oxygen atoms in total. The molecule has 0 unspecified atom stereocenters. The van der Waals surface area contributed by atoms with Gasteiger partial charge in [-0.05, 0) is 99.6 Å². The van der Waals surface area contributed by atoms with Crippen molar-refractivity contribution in [3.8, 4) is 50.2 Å². The van der Waals surface area contributed by atoms with E-state index in [4.69, 9.17) is 6.85 Å². The van der Waals surface area contributed by atoms with Crippen LogP contribution in [0.15, 0.2) is 230 Å². The minimum absolute atomic E-state index is 0.181. The zero-order chi connectivity index (χ0) is 41.6. The molecule has 0 fully saturated rings. The first-order valence-corrected chi connectivity index (χ1v) is 18.8. The molecule has 9 aromatic carbocycles. The molecule has 0 saturated heterocycles. The molecule has 0 spiro atoms. The largest absolute Gasteiger partial charge is 0.311 e. The number of benzene rings is 9. The quantitative estimate of drug-likeness (QED) is 0.152. The molecule has 10 aromatic rings. The van der Waals surface area contributed by atoms with Gasteiger partial charge in [-0.25, -0.2) is 0 Å². The summed E-state index contributed by atoms with van der Waals surface area (Å²) in [4.78, 5) is 2.17. The van der Waals surface area contributed by atoms with E-state index in [1.807, 2.05) is 42.5 Å². The third kappa shape index (κ3) is 6.14. The first-order chi connectivity index (χ1) is 29.9. The van der Waals surface area contributed by atoms with Crippen molar-refractivity contribution in [2.24, 2.45) is 0 Å². The normalized spacial score (nSPS) is 12.5. The summed E-state index contributed by atoms with van der Waals surface area (Å²) < 4.78 is 43.9. The van der Waals surface area contributed by atoms with Crippen molar-refractivity contribution in [3.05, 3.63) is 230 Å². The summed E-state index contributed by atoms with van der Waals surface area (Å²) in [5, 5.41) is 2.46. The number of hydrogen-bond donors (Lipinski definition) is 0. The van der Waals surface area contributed by atoms with E-state index in [0.717, 1.165) is 56.1 Å². The average Bonchev–Trinajstić information content (AvgIpc) is 3.66. The van der Waals surface area contributed by atoms with Gasteiger partial charge in [0.25, 0.3) is 0 Å². The van der Waals surface area contributed by atoms with Crippen LogP contribution in [-0.2, 0) is 0 Å². The Morgan fingerprint density at radius 3 is 1.39 bits per heavy atom. The van der Waals surface area contributed by atoms with E-state index in [-0.39, 0.29) is 29.7 Å². The van der Waals surface area contributed by atoms with Crippen molar-refractivity contribution in [2.75, 3.05) is 4.90 Å². The van der Waals surface area contributed by atoms with Crippen LogP contribution in [0, 0.1) is 0 Å². The molecular weight excluding hydrogens is 677 g/mol. The number of nitrogens with zero attached hydrogens (tertiary/aromatic N) is 2. The predicted molar refractivity (Wildman–Crippen MR) is 237 cm³/mol. The van der Waals surface area contributed by atoms with Crippen molar-refractivity contribution in [2.45, 2.75) is 0 Å². The maximum atomic E-state index is 8.54. The molecule has 0 bridgehead atoms. The van der Waals surface area contributed by atoms with Crippen molar-refractivity contribution in [3.63, 3.8) is 0 Å². The van der Waals surface area contributed by atoms with Crippen molar-refractivity contribution in [1.82, 2.24) is 4.57 Å². The van der Waals surface area contributed by atoms with Gasteiger partial charge in [0, 0.05) is 33.4 Å². The Labute approximate surface area is 334 Å². The van der Waals surface area contributed by atoms with Gasteiger partial charge in [-0.2, -0.15) is 0 Å². The lowest BCUT2D eigenvalue weighted by Gasteiger charge is -2.26. The number of para-hydroxylation sites is 3. The molecule has 0 aliphatic rings. The van der Waals surface area contributed by atoms with Crippen LogP contribution in [0.2, 0.25) is 0 Å². The average molecular weight is 720 g/mol. The summed E-state index contributed by atoms with van der Waals surface area (Å²) in [7, 11) is 0. The van der Waals surface area contributed by atoms with E-state index >= 15 is 0 Å². The summed E-state index contributed by atoms with van der Waals surface area (Å²) in [5.74, 6) is 0. The molecular formula is C54H38N2. The van der Waals surface area contributed by atoms with Gasteiger partial charge in [0.05, 0.1) is 23.6 Å². The van der Waals surface area contributed by atoms with Gasteiger partial charge in [-0.3, -0.25) is 0 Å². The fourth-order valence-corrected chi connectivity index (χ4v) is 7.82. The second-order valence-corrected chi connectivity index (χ2v) is 13.8. The lowest BCUT2D eigenvalue weighted by molar-refractivity contribution is 1.18. The van der Waals surface area contributed by atoms with Crippen LogP contribution in [0.5, 0.6) is 0 Å². The summed E-state index contributed by atoms with van der Waals surface area (Å²) in [6.07, 6.45) is 0. The van der Waals surface area contributed by atoms with Crippen LogP contribution in [0.1, 0.15) is 6.85 Å². The van der Waals surface area contributed by atoms with Crippen molar-refractivity contribution >= 4 is 38.9 Å². The summed E-state index contributed by atoms with van der Waals surface area (Å²) >= 11 is 0. The van der Waals surface area contributed by atoms with E-state index in [1.54, 1.807) is 0 Å². The van der Waals surface area contributed by atoms with Gasteiger partial charge in [0.1, 0.15) is 0 Å². The van der Waals surface area contributed by atoms with E-state index < -0.39 is 6.04 Å². The lowest BCUT2D eigenvalue weighted by Crippen LogP contribution is -2.09. The van der Waals surface area contributed by atoms with Gasteiger partial charge in [0.15, 0.2) is 0 Å². The smallest absolute Gasteiger partial charge is 0.0629 e. The Hall–Kier alpha value is -7.42. The molecule has 0 aliphatic carbocycles. The molecule has 0 N–H and O–H groups in total. The predicted octanol–water partition coefficient (Wildman–Crippen LogP) is 14.9. The third-order valence-corrected chi connectivity index (χ3v) is 10.5. The van der Waals surface area contributed by atoms with Gasteiger partial charge >= 0.3 is 0 Å². The summed E-state index contributed by atoms with van der Waals surface area (Å²) in [6.45, 7) is 0. The first-order valence-electron chi connectivity index (χ1n) is 21.3. The molecule has 0 radical (unpaired) electrons. The minimum atomic E-state index is -0.403. The monoisotopic (exact) mass is 719 g/mol. The topological polar surface area (TPSA) is 8.17 Å². The van der Waals surface area contributed by atoms with Crippen molar-refractivity contribution in [1.29, 1.82) is 0 Å². The number of hydrogen-bond acceptors (Lipinski definition) is 1. The Morgan fingerprint density at radius 1 is 0.339 bits per heavy atom. The second kappa shape index (κ2) is 14.4. The Morgan fingerprint density at radius 2 is 0.786 bits per heavy atom. The lowest BCUT2D eigenvalue weighted by atomic mass is 9.97. The van der Waals surface area contributed by atoms with Crippen LogP contribution in [0.25, 0.3) is 72.0 Å². The van der Waals surface area contributed by atoms with Crippen molar-refractivity contribution < 1.29 is 6.85 Å². The molecule has 0 saturated carbocycles. The molecule has 1 heterocycles. The van der Waals surface area contributed by atoms with Crippen LogP contribution < -0.4 is 4.90 Å². The zero-order valence-electron chi connectivity index (χ0n) is 35.4. The second-order valence-electron chi connectivity index (χ2n) is 13.8. The Bertz CT molecular complexity index is 3150. The fourth-order valence-electron chi connectivity index (χ4n) is 7.82. The maximum absolute atomic E-state index is 8.54. The molecule has 56 heavy (non-hydrogen) atoms. The highest BCUT2D eigenvalue weighted by molar-refractivity contribution is 6.09. The highest BCUT2D eigenvalue weighted by Crippen LogP contribution is 2.40. The summed E-state index contributed by atoms with van der Waals surface area (Å²) in [6, 6.07) is 67.8. The standard InChI is InChI=1S/C54H38N2/c1-3-14-39(15-4-1)41-26-32-46(33-27-41)55(47-34-28-42(29-35-47)40-16-5-2-6-17-40)48-36-30-43(31-37-48)44-18-13-19-45(38-44)49-20-7-10-23-52(49)56-53-24-11-8-21-50(53)51-22-9-12-25-54(51)56/h1-38H/i1D,3D,4D,14D,15D. The van der Waals surface area contributed by atoms with Gasteiger partial charge in [0.2, 0.25) is 0 Å². The van der Waals surface area contributed by atoms with Gasteiger partial charge in [-0.15, -0.1) is 0 Å². The highest BCUT2D eigenvalue weighted by atomic mass is 15.1. The molecule has 0 aliphatic heterocycles. The van der Waals surface area contributed by atoms with E-state index in [9.17, 15) is 0 Å². The van der Waals surface area contributed by atoms with E-state index in [0.29, 0.717) is 5.56 Å². The van der Waals surface area contributed by atoms with Gasteiger partial charge < -0.3 is 9.47 Å². The van der Waals surface area contributed by atoms with E-state index in [1.165, 1.54) is 21.8 Å². The zero-order valence-corrected chi connectivity index (χ0v) is 30.4. The highest BCUT2D eigenvalue weighted by Gasteiger charge is 2.17. The van der Waals surface area contributed by atoms with Crippen LogP contribution in [0.4, 0.5) is 17.1 Å². The molecule has 10 rings (SSSR count). The number of rotatable bonds is 8. The Kier molecular flexibility index (Phi) is 7.24. The van der Waals surface area contributed by atoms with Crippen LogP contribution in [0.3, 0.4) is 0 Å². The fraction of sp³-hybridized carbons (Fsp3) is 0. The molecule has 1 aromatic heterocycles. The molecule has 0 amide bonds. The minimum Gasteiger partial charge on any atom is -0.311 e. The molecule has 0 atom stereocenters. The Balaban J connectivity index is 1.02. The first kappa shape index (κ1) is 28.1. The number of aromatic nitrogens is 1. The maximum Gasteiger partial charge on any atom is 0.0629 e. The number of anilines is 3. The molecule has 264 valence electrons. The summed E-state index contributed by atoms with van der Waals surface area (Å²) in [5.41, 5.74) is 13.6. The van der Waals surface area contributed by atoms with Gasteiger partial charge in [-0.1, -0.05) is 170 Å². The third-order valence-electron chi connectivity index (χ3n) is 10.5. The van der Waals surface area contributed by atoms with Crippen LogP contribution >= 0.6 is 0 Å².